The van der Waals surface area contributed by atoms with Crippen molar-refractivity contribution in [1.82, 2.24) is 30.3 Å². The SMILES string of the molecule is COc1ccc(C2CC2NCc2cn3c(n2)CN(c2ncc(C(=O)NO)cn2)CC3)cc1. The normalized spacial score (nSPS) is 19.4. The Morgan fingerprint density at radius 2 is 2.00 bits per heavy atom. The van der Waals surface area contributed by atoms with Gasteiger partial charge in [-0.25, -0.2) is 20.4 Å². The summed E-state index contributed by atoms with van der Waals surface area (Å²) in [6.45, 7) is 2.88. The number of rotatable bonds is 7. The number of aromatic nitrogens is 4. The number of amides is 1. The molecule has 0 saturated heterocycles. The monoisotopic (exact) mass is 435 g/mol. The van der Waals surface area contributed by atoms with E-state index in [1.807, 2.05) is 17.0 Å². The van der Waals surface area contributed by atoms with Crippen LogP contribution < -0.4 is 20.4 Å². The number of carbonyl (C=O) groups is 1. The first kappa shape index (κ1) is 20.4. The van der Waals surface area contributed by atoms with Gasteiger partial charge in [0.1, 0.15) is 11.6 Å². The Kier molecular flexibility index (Phi) is 5.46. The zero-order valence-electron chi connectivity index (χ0n) is 17.7. The van der Waals surface area contributed by atoms with Gasteiger partial charge in [-0.05, 0) is 24.1 Å². The Bertz CT molecular complexity index is 1100. The third-order valence-electron chi connectivity index (χ3n) is 6.02. The predicted molar refractivity (Wildman–Crippen MR) is 116 cm³/mol. The minimum absolute atomic E-state index is 0.205. The van der Waals surface area contributed by atoms with Gasteiger partial charge in [0.25, 0.3) is 5.91 Å². The van der Waals surface area contributed by atoms with E-state index >= 15 is 0 Å². The molecule has 2 atom stereocenters. The highest BCUT2D eigenvalue weighted by molar-refractivity contribution is 5.92. The molecule has 1 amide bonds. The third kappa shape index (κ3) is 4.14. The number of hydrogen-bond donors (Lipinski definition) is 3. The fraction of sp³-hybridized carbons (Fsp3) is 0.364. The molecular formula is C22H25N7O3. The molecule has 1 saturated carbocycles. The van der Waals surface area contributed by atoms with E-state index in [4.69, 9.17) is 14.9 Å². The van der Waals surface area contributed by atoms with Crippen LogP contribution in [0.5, 0.6) is 5.75 Å². The molecule has 32 heavy (non-hydrogen) atoms. The Hall–Kier alpha value is -3.50. The van der Waals surface area contributed by atoms with Crippen LogP contribution in [-0.2, 0) is 19.6 Å². The summed E-state index contributed by atoms with van der Waals surface area (Å²) in [7, 11) is 1.68. The van der Waals surface area contributed by atoms with Crippen LogP contribution in [0, 0.1) is 0 Å². The molecule has 10 heteroatoms. The molecule has 10 nitrogen and oxygen atoms in total. The zero-order chi connectivity index (χ0) is 22.1. The predicted octanol–water partition coefficient (Wildman–Crippen LogP) is 1.47. The van der Waals surface area contributed by atoms with E-state index in [0.717, 1.165) is 43.3 Å². The summed E-state index contributed by atoms with van der Waals surface area (Å²) in [6, 6.07) is 8.78. The Morgan fingerprint density at radius 1 is 1.22 bits per heavy atom. The summed E-state index contributed by atoms with van der Waals surface area (Å²) in [5.74, 6) is 2.30. The van der Waals surface area contributed by atoms with Gasteiger partial charge in [-0.2, -0.15) is 0 Å². The highest BCUT2D eigenvalue weighted by Crippen LogP contribution is 2.41. The fourth-order valence-corrected chi connectivity index (χ4v) is 4.11. The van der Waals surface area contributed by atoms with Crippen LogP contribution in [0.4, 0.5) is 5.95 Å². The maximum Gasteiger partial charge on any atom is 0.277 e. The summed E-state index contributed by atoms with van der Waals surface area (Å²) in [5.41, 5.74) is 4.15. The lowest BCUT2D eigenvalue weighted by Gasteiger charge is -2.27. The number of anilines is 1. The lowest BCUT2D eigenvalue weighted by molar-refractivity contribution is 0.0705. The number of nitrogens with zero attached hydrogens (tertiary/aromatic N) is 5. The highest BCUT2D eigenvalue weighted by Gasteiger charge is 2.38. The summed E-state index contributed by atoms with van der Waals surface area (Å²) >= 11 is 0. The molecule has 3 N–H and O–H groups in total. The van der Waals surface area contributed by atoms with Gasteiger partial charge in [0.15, 0.2) is 0 Å². The molecule has 1 aliphatic carbocycles. The maximum atomic E-state index is 11.4. The number of imidazole rings is 1. The van der Waals surface area contributed by atoms with Crippen molar-refractivity contribution in [1.29, 1.82) is 0 Å². The molecule has 2 unspecified atom stereocenters. The quantitative estimate of drug-likeness (QED) is 0.377. The molecule has 1 aromatic carbocycles. The zero-order valence-corrected chi connectivity index (χ0v) is 17.7. The standard InChI is InChI=1S/C22H25N7O3/c1-32-17-4-2-14(3-5-17)18-8-19(18)23-11-16-12-28-6-7-29(13-20(28)26-16)22-24-9-15(10-25-22)21(30)27-31/h2-5,9-10,12,18-19,23,31H,6-8,11,13H2,1H3,(H,27,30). The molecular weight excluding hydrogens is 410 g/mol. The minimum atomic E-state index is -0.632. The first-order chi connectivity index (χ1) is 15.6. The average molecular weight is 435 g/mol. The third-order valence-corrected chi connectivity index (χ3v) is 6.02. The molecule has 2 aliphatic rings. The number of nitrogens with one attached hydrogen (secondary N) is 2. The lowest BCUT2D eigenvalue weighted by atomic mass is 10.1. The van der Waals surface area contributed by atoms with Crippen LogP contribution in [0.3, 0.4) is 0 Å². The molecule has 166 valence electrons. The molecule has 2 aromatic heterocycles. The fourth-order valence-electron chi connectivity index (χ4n) is 4.11. The summed E-state index contributed by atoms with van der Waals surface area (Å²) < 4.78 is 7.41. The van der Waals surface area contributed by atoms with Crippen LogP contribution in [0.25, 0.3) is 0 Å². The van der Waals surface area contributed by atoms with Crippen molar-refractivity contribution in [3.05, 3.63) is 65.5 Å². The number of fused-ring (bicyclic) bond motifs is 1. The van der Waals surface area contributed by atoms with E-state index in [1.165, 1.54) is 18.0 Å². The summed E-state index contributed by atoms with van der Waals surface area (Å²) in [4.78, 5) is 26.8. The van der Waals surface area contributed by atoms with E-state index < -0.39 is 5.91 Å². The molecule has 0 radical (unpaired) electrons. The highest BCUT2D eigenvalue weighted by atomic mass is 16.5. The van der Waals surface area contributed by atoms with Gasteiger partial charge < -0.3 is 19.5 Å². The smallest absolute Gasteiger partial charge is 0.277 e. The number of carbonyl (C=O) groups excluding carboxylic acids is 1. The van der Waals surface area contributed by atoms with Gasteiger partial charge in [-0.3, -0.25) is 10.0 Å². The second-order valence-electron chi connectivity index (χ2n) is 8.08. The lowest BCUT2D eigenvalue weighted by Crippen LogP contribution is -2.34. The Labute approximate surface area is 185 Å². The van der Waals surface area contributed by atoms with Crippen molar-refractivity contribution in [3.8, 4) is 5.75 Å². The van der Waals surface area contributed by atoms with E-state index in [1.54, 1.807) is 12.6 Å². The first-order valence-electron chi connectivity index (χ1n) is 10.6. The van der Waals surface area contributed by atoms with E-state index in [9.17, 15) is 4.79 Å². The van der Waals surface area contributed by atoms with Gasteiger partial charge in [-0.15, -0.1) is 0 Å². The summed E-state index contributed by atoms with van der Waals surface area (Å²) in [5, 5.41) is 12.3. The second kappa shape index (κ2) is 8.56. The van der Waals surface area contributed by atoms with Crippen LogP contribution in [0.2, 0.25) is 0 Å². The number of methoxy groups -OCH3 is 1. The largest absolute Gasteiger partial charge is 0.497 e. The van der Waals surface area contributed by atoms with Crippen molar-refractivity contribution < 1.29 is 14.7 Å². The van der Waals surface area contributed by atoms with Crippen LogP contribution >= 0.6 is 0 Å². The Balaban J connectivity index is 1.16. The van der Waals surface area contributed by atoms with Crippen molar-refractivity contribution in [2.75, 3.05) is 18.6 Å². The van der Waals surface area contributed by atoms with E-state index in [0.29, 0.717) is 24.5 Å². The molecule has 1 fully saturated rings. The van der Waals surface area contributed by atoms with Crippen molar-refractivity contribution in [2.45, 2.75) is 38.0 Å². The van der Waals surface area contributed by atoms with Crippen molar-refractivity contribution in [2.24, 2.45) is 0 Å². The average Bonchev–Trinajstić information content (AvgIpc) is 3.51. The molecule has 5 rings (SSSR count). The molecule has 1 aliphatic heterocycles. The van der Waals surface area contributed by atoms with Crippen LogP contribution in [0.15, 0.2) is 42.9 Å². The van der Waals surface area contributed by atoms with Gasteiger partial charge in [0.05, 0.1) is 24.9 Å². The maximum absolute atomic E-state index is 11.4. The number of hydrogen-bond acceptors (Lipinski definition) is 8. The van der Waals surface area contributed by atoms with Crippen LogP contribution in [-0.4, -0.2) is 50.3 Å². The van der Waals surface area contributed by atoms with Gasteiger partial charge in [0, 0.05) is 50.2 Å². The van der Waals surface area contributed by atoms with Gasteiger partial charge in [0.2, 0.25) is 5.95 Å². The van der Waals surface area contributed by atoms with Gasteiger partial charge in [-0.1, -0.05) is 12.1 Å². The number of ether oxygens (including phenoxy) is 1. The van der Waals surface area contributed by atoms with Gasteiger partial charge >= 0.3 is 0 Å². The molecule has 3 aromatic rings. The van der Waals surface area contributed by atoms with Crippen LogP contribution in [0.1, 0.15) is 39.8 Å². The summed E-state index contributed by atoms with van der Waals surface area (Å²) in [6.07, 6.45) is 6.05. The molecule has 0 bridgehead atoms. The van der Waals surface area contributed by atoms with Crippen molar-refractivity contribution in [3.63, 3.8) is 0 Å². The number of hydroxylamine groups is 1. The molecule has 3 heterocycles. The number of benzene rings is 1. The minimum Gasteiger partial charge on any atom is -0.497 e. The molecule has 0 spiro atoms. The second-order valence-corrected chi connectivity index (χ2v) is 8.08. The first-order valence-corrected chi connectivity index (χ1v) is 10.6. The van der Waals surface area contributed by atoms with E-state index in [2.05, 4.69) is 38.2 Å². The Morgan fingerprint density at radius 3 is 2.72 bits per heavy atom. The van der Waals surface area contributed by atoms with E-state index in [-0.39, 0.29) is 5.56 Å². The van der Waals surface area contributed by atoms with Crippen molar-refractivity contribution >= 4 is 11.9 Å². The topological polar surface area (TPSA) is 117 Å².